The van der Waals surface area contributed by atoms with Crippen LogP contribution in [0.2, 0.25) is 0 Å². The zero-order valence-corrected chi connectivity index (χ0v) is 9.21. The molecule has 1 atom stereocenters. The van der Waals surface area contributed by atoms with Crippen LogP contribution in [-0.4, -0.2) is 20.8 Å². The maximum atomic E-state index is 13.5. The van der Waals surface area contributed by atoms with E-state index in [0.29, 0.717) is 6.54 Å². The summed E-state index contributed by atoms with van der Waals surface area (Å²) in [7, 11) is 2.85. The summed E-state index contributed by atoms with van der Waals surface area (Å²) in [5.41, 5.74) is 6.46. The molecule has 0 amide bonds. The van der Waals surface area contributed by atoms with Gasteiger partial charge >= 0.3 is 0 Å². The average Bonchev–Trinajstić information content (AvgIpc) is 2.28. The number of rotatable bonds is 4. The Morgan fingerprint density at radius 2 is 1.73 bits per heavy atom. The monoisotopic (exact) mass is 213 g/mol. The predicted molar refractivity (Wildman–Crippen MR) is 57.0 cm³/mol. The van der Waals surface area contributed by atoms with E-state index in [2.05, 4.69) is 0 Å². The molecule has 1 aromatic carbocycles. The summed E-state index contributed by atoms with van der Waals surface area (Å²) in [4.78, 5) is 0. The van der Waals surface area contributed by atoms with Crippen molar-refractivity contribution in [2.75, 3.05) is 20.8 Å². The van der Waals surface area contributed by atoms with Crippen LogP contribution in [0.1, 0.15) is 18.4 Å². The molecular weight excluding hydrogens is 197 g/mol. The van der Waals surface area contributed by atoms with Gasteiger partial charge in [0, 0.05) is 0 Å². The molecule has 0 aliphatic heterocycles. The molecule has 0 aliphatic carbocycles. The molecule has 0 radical (unpaired) electrons. The van der Waals surface area contributed by atoms with E-state index in [-0.39, 0.29) is 17.4 Å². The Balaban J connectivity index is 3.20. The molecule has 15 heavy (non-hydrogen) atoms. The molecule has 0 heterocycles. The van der Waals surface area contributed by atoms with Crippen LogP contribution < -0.4 is 15.2 Å². The summed E-state index contributed by atoms with van der Waals surface area (Å²) < 4.78 is 23.4. The molecule has 1 aromatic rings. The third-order valence-electron chi connectivity index (χ3n) is 2.39. The van der Waals surface area contributed by atoms with Gasteiger partial charge in [-0.3, -0.25) is 0 Å². The summed E-state index contributed by atoms with van der Waals surface area (Å²) >= 11 is 0. The smallest absolute Gasteiger partial charge is 0.206 e. The third kappa shape index (κ3) is 2.39. The van der Waals surface area contributed by atoms with E-state index in [1.807, 2.05) is 6.92 Å². The Labute approximate surface area is 89.0 Å². The maximum Gasteiger partial charge on any atom is 0.206 e. The van der Waals surface area contributed by atoms with Crippen molar-refractivity contribution in [2.24, 2.45) is 5.73 Å². The molecule has 84 valence electrons. The van der Waals surface area contributed by atoms with Gasteiger partial charge in [-0.25, -0.2) is 0 Å². The fraction of sp³-hybridized carbons (Fsp3) is 0.455. The molecule has 0 aromatic heterocycles. The standard InChI is InChI=1S/C11H16FNO2/c1-7(6-13)8-4-9(14-2)11(12)10(5-8)15-3/h4-5,7H,6,13H2,1-3H3. The van der Waals surface area contributed by atoms with Crippen molar-refractivity contribution >= 4 is 0 Å². The molecule has 3 nitrogen and oxygen atoms in total. The average molecular weight is 213 g/mol. The van der Waals surface area contributed by atoms with Crippen LogP contribution in [0.3, 0.4) is 0 Å². The number of hydrogen-bond acceptors (Lipinski definition) is 3. The Morgan fingerprint density at radius 3 is 2.07 bits per heavy atom. The van der Waals surface area contributed by atoms with Crippen molar-refractivity contribution in [1.29, 1.82) is 0 Å². The molecule has 0 aliphatic rings. The summed E-state index contributed by atoms with van der Waals surface area (Å²) in [5, 5.41) is 0. The van der Waals surface area contributed by atoms with Gasteiger partial charge in [0.1, 0.15) is 0 Å². The van der Waals surface area contributed by atoms with Crippen molar-refractivity contribution in [3.8, 4) is 11.5 Å². The normalized spacial score (nSPS) is 12.3. The second-order valence-corrected chi connectivity index (χ2v) is 3.38. The van der Waals surface area contributed by atoms with E-state index in [4.69, 9.17) is 15.2 Å². The lowest BCUT2D eigenvalue weighted by atomic mass is 10.0. The quantitative estimate of drug-likeness (QED) is 0.830. The molecule has 0 saturated carbocycles. The molecule has 0 saturated heterocycles. The predicted octanol–water partition coefficient (Wildman–Crippen LogP) is 1.91. The summed E-state index contributed by atoms with van der Waals surface area (Å²) in [5.74, 6) is 0.0377. The molecule has 2 N–H and O–H groups in total. The number of methoxy groups -OCH3 is 2. The van der Waals surface area contributed by atoms with Gasteiger partial charge < -0.3 is 15.2 Å². The highest BCUT2D eigenvalue weighted by Crippen LogP contribution is 2.31. The van der Waals surface area contributed by atoms with Crippen molar-refractivity contribution in [1.82, 2.24) is 0 Å². The molecule has 0 bridgehead atoms. The van der Waals surface area contributed by atoms with E-state index in [9.17, 15) is 4.39 Å². The lowest BCUT2D eigenvalue weighted by Crippen LogP contribution is -2.09. The van der Waals surface area contributed by atoms with Crippen LogP contribution >= 0.6 is 0 Å². The van der Waals surface area contributed by atoms with Gasteiger partial charge in [0.2, 0.25) is 5.82 Å². The first-order valence-corrected chi connectivity index (χ1v) is 4.75. The van der Waals surface area contributed by atoms with Gasteiger partial charge in [0.05, 0.1) is 14.2 Å². The highest BCUT2D eigenvalue weighted by atomic mass is 19.1. The first-order chi connectivity index (χ1) is 7.13. The second kappa shape index (κ2) is 4.98. The minimum atomic E-state index is -0.479. The van der Waals surface area contributed by atoms with E-state index < -0.39 is 5.82 Å². The largest absolute Gasteiger partial charge is 0.494 e. The lowest BCUT2D eigenvalue weighted by molar-refractivity contribution is 0.349. The van der Waals surface area contributed by atoms with Gasteiger partial charge in [-0.1, -0.05) is 6.92 Å². The van der Waals surface area contributed by atoms with Crippen LogP contribution in [0.5, 0.6) is 11.5 Å². The zero-order chi connectivity index (χ0) is 11.4. The van der Waals surface area contributed by atoms with Crippen LogP contribution in [0.4, 0.5) is 4.39 Å². The molecule has 1 rings (SSSR count). The number of ether oxygens (including phenoxy) is 2. The number of nitrogens with two attached hydrogens (primary N) is 1. The summed E-state index contributed by atoms with van der Waals surface area (Å²) in [6, 6.07) is 3.30. The van der Waals surface area contributed by atoms with E-state index in [1.54, 1.807) is 12.1 Å². The Morgan fingerprint density at radius 1 is 1.27 bits per heavy atom. The minimum absolute atomic E-state index is 0.147. The fourth-order valence-electron chi connectivity index (χ4n) is 1.31. The van der Waals surface area contributed by atoms with Gasteiger partial charge in [-0.2, -0.15) is 4.39 Å². The fourth-order valence-corrected chi connectivity index (χ4v) is 1.31. The van der Waals surface area contributed by atoms with Crippen LogP contribution in [0.25, 0.3) is 0 Å². The molecule has 4 heteroatoms. The van der Waals surface area contributed by atoms with Crippen molar-refractivity contribution in [3.63, 3.8) is 0 Å². The molecule has 0 spiro atoms. The van der Waals surface area contributed by atoms with E-state index >= 15 is 0 Å². The van der Waals surface area contributed by atoms with Crippen molar-refractivity contribution in [3.05, 3.63) is 23.5 Å². The Kier molecular flexibility index (Phi) is 3.91. The first kappa shape index (κ1) is 11.8. The second-order valence-electron chi connectivity index (χ2n) is 3.38. The summed E-state index contributed by atoms with van der Waals surface area (Å²) in [6.07, 6.45) is 0. The SMILES string of the molecule is COc1cc(C(C)CN)cc(OC)c1F. The highest BCUT2D eigenvalue weighted by molar-refractivity contribution is 5.41. The van der Waals surface area contributed by atoms with E-state index in [1.165, 1.54) is 14.2 Å². The molecule has 1 unspecified atom stereocenters. The third-order valence-corrected chi connectivity index (χ3v) is 2.39. The van der Waals surface area contributed by atoms with Gasteiger partial charge in [-0.05, 0) is 30.2 Å². The topological polar surface area (TPSA) is 44.5 Å². The van der Waals surface area contributed by atoms with Gasteiger partial charge in [0.15, 0.2) is 11.5 Å². The number of hydrogen-bond donors (Lipinski definition) is 1. The van der Waals surface area contributed by atoms with Gasteiger partial charge in [-0.15, -0.1) is 0 Å². The Bertz CT molecular complexity index is 316. The van der Waals surface area contributed by atoms with E-state index in [0.717, 1.165) is 5.56 Å². The molecular formula is C11H16FNO2. The Hall–Kier alpha value is -1.29. The van der Waals surface area contributed by atoms with Crippen LogP contribution in [0, 0.1) is 5.82 Å². The van der Waals surface area contributed by atoms with Crippen LogP contribution in [0.15, 0.2) is 12.1 Å². The lowest BCUT2D eigenvalue weighted by Gasteiger charge is -2.13. The minimum Gasteiger partial charge on any atom is -0.494 e. The first-order valence-electron chi connectivity index (χ1n) is 4.75. The number of benzene rings is 1. The maximum absolute atomic E-state index is 13.5. The van der Waals surface area contributed by atoms with Crippen molar-refractivity contribution < 1.29 is 13.9 Å². The van der Waals surface area contributed by atoms with Gasteiger partial charge in [0.25, 0.3) is 0 Å². The van der Waals surface area contributed by atoms with Crippen molar-refractivity contribution in [2.45, 2.75) is 12.8 Å². The van der Waals surface area contributed by atoms with Crippen LogP contribution in [-0.2, 0) is 0 Å². The molecule has 0 fully saturated rings. The summed E-state index contributed by atoms with van der Waals surface area (Å²) in [6.45, 7) is 2.46. The number of halogens is 1. The zero-order valence-electron chi connectivity index (χ0n) is 9.21. The highest BCUT2D eigenvalue weighted by Gasteiger charge is 2.14.